The van der Waals surface area contributed by atoms with Gasteiger partial charge < -0.3 is 19.6 Å². The Balaban J connectivity index is 1.43. The summed E-state index contributed by atoms with van der Waals surface area (Å²) in [5, 5.41) is 14.4. The molecule has 4 aromatic carbocycles. The Morgan fingerprint density at radius 1 is 0.860 bits per heavy atom. The van der Waals surface area contributed by atoms with E-state index in [0.29, 0.717) is 26.2 Å². The van der Waals surface area contributed by atoms with E-state index in [1.165, 1.54) is 32.7 Å². The summed E-state index contributed by atoms with van der Waals surface area (Å²) in [7, 11) is 0. The number of aliphatic carboxylic acids is 1. The molecule has 1 atom stereocenters. The molecule has 1 unspecified atom stereocenters. The summed E-state index contributed by atoms with van der Waals surface area (Å²) in [6, 6.07) is 25.5. The summed E-state index contributed by atoms with van der Waals surface area (Å²) < 4.78 is 5.15. The van der Waals surface area contributed by atoms with Crippen LogP contribution in [0.5, 0.6) is 0 Å². The smallest absolute Gasteiger partial charge is 0.305 e. The highest BCUT2D eigenvalue weighted by atomic mass is 16.5. The van der Waals surface area contributed by atoms with E-state index in [1.807, 2.05) is 0 Å². The molecule has 0 radical (unpaired) electrons. The van der Waals surface area contributed by atoms with Crippen LogP contribution in [0.3, 0.4) is 0 Å². The molecule has 0 spiro atoms. The Labute approximate surface area is 252 Å². The molecule has 0 fully saturated rings. The number of hydrogen-bond donors (Lipinski definition) is 1. The number of carbonyl (C=O) groups is 2. The maximum absolute atomic E-state index is 11.7. The van der Waals surface area contributed by atoms with E-state index in [1.54, 1.807) is 0 Å². The number of benzene rings is 4. The Bertz CT molecular complexity index is 1780. The van der Waals surface area contributed by atoms with Gasteiger partial charge in [-0.25, -0.2) is 0 Å². The highest BCUT2D eigenvalue weighted by Crippen LogP contribution is 2.51. The number of carboxylic acid groups (broad SMARTS) is 1. The number of ether oxygens (including phenoxy) is 1. The lowest BCUT2D eigenvalue weighted by molar-refractivity contribution is -0.136. The van der Waals surface area contributed by atoms with Gasteiger partial charge in [-0.2, -0.15) is 0 Å². The first-order valence-electron chi connectivity index (χ1n) is 14.9. The summed E-state index contributed by atoms with van der Waals surface area (Å²) in [6.07, 6.45) is 6.59. The molecule has 220 valence electrons. The fourth-order valence-electron chi connectivity index (χ4n) is 7.40. The van der Waals surface area contributed by atoms with Gasteiger partial charge in [0.2, 0.25) is 0 Å². The van der Waals surface area contributed by atoms with Crippen molar-refractivity contribution in [2.75, 3.05) is 29.5 Å². The first-order valence-corrected chi connectivity index (χ1v) is 14.9. The van der Waals surface area contributed by atoms with Gasteiger partial charge in [0.05, 0.1) is 19.0 Å². The molecular formula is C37H38N2O4. The van der Waals surface area contributed by atoms with Crippen molar-refractivity contribution in [2.45, 2.75) is 51.0 Å². The minimum atomic E-state index is -0.812. The van der Waals surface area contributed by atoms with Crippen molar-refractivity contribution in [1.29, 1.82) is 0 Å². The minimum absolute atomic E-state index is 0.0144. The van der Waals surface area contributed by atoms with Gasteiger partial charge in [-0.3, -0.25) is 9.59 Å². The monoisotopic (exact) mass is 574 g/mol. The van der Waals surface area contributed by atoms with Crippen LogP contribution in [-0.4, -0.2) is 43.3 Å². The number of rotatable bonds is 9. The standard InChI is InChI=1S/C37H38N2O4/c1-36(2)31(38(21-20-33(41)42)29-18-16-25-10-5-7-12-27(25)34(29)36)14-9-15-32-37(3,4)35-28-13-8-6-11-26(28)17-19-30(35)39(32)22-23-43-24-40/h5-19,24,32H,20-23H2,1-4H3,(H,41,42)/b15-9+,31-14+. The maximum Gasteiger partial charge on any atom is 0.305 e. The molecule has 43 heavy (non-hydrogen) atoms. The van der Waals surface area contributed by atoms with Crippen molar-refractivity contribution >= 4 is 45.4 Å². The van der Waals surface area contributed by atoms with Crippen molar-refractivity contribution < 1.29 is 19.4 Å². The normalized spacial score (nSPS) is 19.3. The first kappa shape index (κ1) is 28.5. The van der Waals surface area contributed by atoms with Crippen molar-refractivity contribution in [3.05, 3.63) is 108 Å². The van der Waals surface area contributed by atoms with Crippen LogP contribution in [0.15, 0.2) is 96.7 Å². The number of carbonyl (C=O) groups excluding carboxylic acids is 1. The molecule has 6 rings (SSSR count). The van der Waals surface area contributed by atoms with E-state index in [0.717, 1.165) is 17.1 Å². The predicted octanol–water partition coefficient (Wildman–Crippen LogP) is 7.34. The van der Waals surface area contributed by atoms with E-state index >= 15 is 0 Å². The highest BCUT2D eigenvalue weighted by Gasteiger charge is 2.44. The molecule has 2 aliphatic heterocycles. The average molecular weight is 575 g/mol. The molecule has 4 aromatic rings. The lowest BCUT2D eigenvalue weighted by Crippen LogP contribution is -2.41. The second-order valence-corrected chi connectivity index (χ2v) is 12.5. The van der Waals surface area contributed by atoms with Gasteiger partial charge in [-0.15, -0.1) is 0 Å². The van der Waals surface area contributed by atoms with Crippen molar-refractivity contribution in [2.24, 2.45) is 0 Å². The van der Waals surface area contributed by atoms with Crippen LogP contribution in [0.4, 0.5) is 11.4 Å². The largest absolute Gasteiger partial charge is 0.481 e. The van der Waals surface area contributed by atoms with Crippen LogP contribution >= 0.6 is 0 Å². The van der Waals surface area contributed by atoms with Gasteiger partial charge in [-0.05, 0) is 50.9 Å². The number of anilines is 2. The van der Waals surface area contributed by atoms with Crippen LogP contribution in [0.25, 0.3) is 21.5 Å². The third-order valence-electron chi connectivity index (χ3n) is 9.30. The molecule has 0 bridgehead atoms. The van der Waals surface area contributed by atoms with Crippen LogP contribution in [0.2, 0.25) is 0 Å². The summed E-state index contributed by atoms with van der Waals surface area (Å²) in [4.78, 5) is 27.2. The van der Waals surface area contributed by atoms with Gasteiger partial charge in [0, 0.05) is 34.4 Å². The second kappa shape index (κ2) is 10.9. The third kappa shape index (κ3) is 4.75. The lowest BCUT2D eigenvalue weighted by Gasteiger charge is -2.32. The zero-order chi connectivity index (χ0) is 30.4. The Kier molecular flexibility index (Phi) is 7.25. The molecule has 2 aliphatic rings. The van der Waals surface area contributed by atoms with Crippen molar-refractivity contribution in [1.82, 2.24) is 0 Å². The van der Waals surface area contributed by atoms with Gasteiger partial charge in [0.25, 0.3) is 6.47 Å². The molecule has 0 aliphatic carbocycles. The van der Waals surface area contributed by atoms with Gasteiger partial charge in [0.1, 0.15) is 6.61 Å². The summed E-state index contributed by atoms with van der Waals surface area (Å²) >= 11 is 0. The fourth-order valence-corrected chi connectivity index (χ4v) is 7.40. The van der Waals surface area contributed by atoms with Crippen LogP contribution in [-0.2, 0) is 25.2 Å². The SMILES string of the molecule is CC1(C)/C(=C\C=C\C2N(CCOC=O)c3ccc4ccccc4c3C2(C)C)N(CCC(=O)O)c2ccc3ccccc3c21. The summed E-state index contributed by atoms with van der Waals surface area (Å²) in [5.41, 5.74) is 5.26. The minimum Gasteiger partial charge on any atom is -0.481 e. The van der Waals surface area contributed by atoms with Crippen LogP contribution in [0.1, 0.15) is 45.2 Å². The van der Waals surface area contributed by atoms with Crippen LogP contribution < -0.4 is 9.80 Å². The van der Waals surface area contributed by atoms with Gasteiger partial charge in [-0.1, -0.05) is 101 Å². The molecule has 6 nitrogen and oxygen atoms in total. The van der Waals surface area contributed by atoms with Crippen molar-refractivity contribution in [3.63, 3.8) is 0 Å². The molecular weight excluding hydrogens is 536 g/mol. The topological polar surface area (TPSA) is 70.1 Å². The molecule has 6 heteroatoms. The highest BCUT2D eigenvalue weighted by molar-refractivity contribution is 5.95. The molecule has 0 amide bonds. The lowest BCUT2D eigenvalue weighted by atomic mass is 9.78. The molecule has 1 N–H and O–H groups in total. The van der Waals surface area contributed by atoms with E-state index in [4.69, 9.17) is 4.74 Å². The van der Waals surface area contributed by atoms with Crippen LogP contribution in [0, 0.1) is 0 Å². The molecule has 2 heterocycles. The predicted molar refractivity (Wildman–Crippen MR) is 174 cm³/mol. The number of allylic oxidation sites excluding steroid dienone is 3. The Morgan fingerprint density at radius 3 is 2.14 bits per heavy atom. The number of carboxylic acids is 1. The zero-order valence-electron chi connectivity index (χ0n) is 25.2. The quantitative estimate of drug-likeness (QED) is 0.167. The third-order valence-corrected chi connectivity index (χ3v) is 9.30. The Hall–Kier alpha value is -4.58. The number of hydrogen-bond acceptors (Lipinski definition) is 5. The average Bonchev–Trinajstić information content (AvgIpc) is 3.35. The summed E-state index contributed by atoms with van der Waals surface area (Å²) in [6.45, 7) is 10.8. The van der Waals surface area contributed by atoms with Gasteiger partial charge in [0.15, 0.2) is 0 Å². The van der Waals surface area contributed by atoms with E-state index in [2.05, 4.69) is 129 Å². The van der Waals surface area contributed by atoms with E-state index in [9.17, 15) is 14.7 Å². The zero-order valence-corrected chi connectivity index (χ0v) is 25.2. The van der Waals surface area contributed by atoms with Gasteiger partial charge >= 0.3 is 5.97 Å². The maximum atomic E-state index is 11.7. The fraction of sp³-hybridized carbons (Fsp3) is 0.297. The molecule has 0 aromatic heterocycles. The second-order valence-electron chi connectivity index (χ2n) is 12.5. The number of nitrogens with zero attached hydrogens (tertiary/aromatic N) is 2. The van der Waals surface area contributed by atoms with E-state index < -0.39 is 5.97 Å². The first-order chi connectivity index (χ1) is 20.7. The molecule has 0 saturated heterocycles. The number of fused-ring (bicyclic) bond motifs is 6. The Morgan fingerprint density at radius 2 is 1.49 bits per heavy atom. The molecule has 0 saturated carbocycles. The van der Waals surface area contributed by atoms with Crippen molar-refractivity contribution in [3.8, 4) is 0 Å². The van der Waals surface area contributed by atoms with E-state index in [-0.39, 0.29) is 23.3 Å². The summed E-state index contributed by atoms with van der Waals surface area (Å²) in [5.74, 6) is -0.812.